The summed E-state index contributed by atoms with van der Waals surface area (Å²) in [5.41, 5.74) is 4.73. The van der Waals surface area contributed by atoms with E-state index in [1.807, 2.05) is 13.8 Å². The van der Waals surface area contributed by atoms with E-state index in [0.717, 1.165) is 0 Å². The first-order valence-corrected chi connectivity index (χ1v) is 6.16. The van der Waals surface area contributed by atoms with Crippen LogP contribution in [0.25, 0.3) is 0 Å². The fraction of sp³-hybridized carbons (Fsp3) is 0.778. The third kappa shape index (κ3) is 5.62. The Morgan fingerprint density at radius 3 is 2.31 bits per heavy atom. The zero-order valence-corrected chi connectivity index (χ0v) is 11.3. The van der Waals surface area contributed by atoms with Crippen molar-refractivity contribution in [2.45, 2.75) is 25.4 Å². The molecule has 1 atom stereocenters. The highest BCUT2D eigenvalue weighted by Crippen LogP contribution is 2.04. The standard InChI is InChI=1S/C9H19N3O2S2/c1-9(2,5-16)12-8(14)6(4-15)11-7(13)3-10/h6,15-16H,3-5,10H2,1-2H3,(H,11,13)(H,12,14). The van der Waals surface area contributed by atoms with E-state index in [-0.39, 0.29) is 24.1 Å². The van der Waals surface area contributed by atoms with Gasteiger partial charge in [-0.05, 0) is 13.8 Å². The van der Waals surface area contributed by atoms with E-state index in [0.29, 0.717) is 5.75 Å². The zero-order chi connectivity index (χ0) is 12.8. The van der Waals surface area contributed by atoms with Crippen molar-refractivity contribution in [3.05, 3.63) is 0 Å². The van der Waals surface area contributed by atoms with Gasteiger partial charge in [-0.3, -0.25) is 9.59 Å². The minimum absolute atomic E-state index is 0.145. The third-order valence-electron chi connectivity index (χ3n) is 1.88. The molecule has 0 radical (unpaired) electrons. The molecule has 0 aromatic carbocycles. The highest BCUT2D eigenvalue weighted by atomic mass is 32.1. The van der Waals surface area contributed by atoms with Crippen LogP contribution in [0.5, 0.6) is 0 Å². The molecule has 0 rings (SSSR count). The third-order valence-corrected chi connectivity index (χ3v) is 3.03. The van der Waals surface area contributed by atoms with Gasteiger partial charge in [0.05, 0.1) is 6.54 Å². The monoisotopic (exact) mass is 265 g/mol. The Bertz CT molecular complexity index is 259. The second-order valence-corrected chi connectivity index (χ2v) is 4.72. The number of nitrogens with two attached hydrogens (primary N) is 1. The average Bonchev–Trinajstić information content (AvgIpc) is 2.24. The van der Waals surface area contributed by atoms with E-state index in [2.05, 4.69) is 35.9 Å². The van der Waals surface area contributed by atoms with Gasteiger partial charge in [0.25, 0.3) is 0 Å². The minimum atomic E-state index is -0.668. The summed E-state index contributed by atoms with van der Waals surface area (Å²) in [7, 11) is 0. The highest BCUT2D eigenvalue weighted by Gasteiger charge is 2.24. The van der Waals surface area contributed by atoms with E-state index in [1.54, 1.807) is 0 Å². The molecular formula is C9H19N3O2S2. The lowest BCUT2D eigenvalue weighted by molar-refractivity contribution is -0.128. The molecule has 2 amide bonds. The molecule has 0 aliphatic carbocycles. The van der Waals surface area contributed by atoms with Crippen molar-refractivity contribution >= 4 is 37.1 Å². The van der Waals surface area contributed by atoms with Crippen LogP contribution in [0, 0.1) is 0 Å². The molecule has 4 N–H and O–H groups in total. The number of carbonyl (C=O) groups is 2. The van der Waals surface area contributed by atoms with Crippen LogP contribution < -0.4 is 16.4 Å². The van der Waals surface area contributed by atoms with E-state index >= 15 is 0 Å². The van der Waals surface area contributed by atoms with E-state index in [1.165, 1.54) is 0 Å². The Kier molecular flexibility index (Phi) is 6.85. The molecule has 0 fully saturated rings. The first-order valence-electron chi connectivity index (χ1n) is 4.89. The quantitative estimate of drug-likeness (QED) is 0.407. The SMILES string of the molecule is CC(C)(CS)NC(=O)C(CS)NC(=O)CN. The molecule has 0 saturated carbocycles. The summed E-state index contributed by atoms with van der Waals surface area (Å²) in [4.78, 5) is 22.8. The van der Waals surface area contributed by atoms with Crippen LogP contribution >= 0.6 is 25.3 Å². The van der Waals surface area contributed by atoms with Crippen molar-refractivity contribution in [3.8, 4) is 0 Å². The topological polar surface area (TPSA) is 84.2 Å². The fourth-order valence-electron chi connectivity index (χ4n) is 0.908. The number of nitrogens with one attached hydrogen (secondary N) is 2. The Morgan fingerprint density at radius 1 is 1.38 bits per heavy atom. The van der Waals surface area contributed by atoms with Crippen molar-refractivity contribution in [2.75, 3.05) is 18.1 Å². The Balaban J connectivity index is 4.37. The molecule has 0 aliphatic heterocycles. The molecule has 0 aromatic heterocycles. The van der Waals surface area contributed by atoms with Gasteiger partial charge in [-0.15, -0.1) is 0 Å². The largest absolute Gasteiger partial charge is 0.349 e. The number of hydrogen-bond donors (Lipinski definition) is 5. The van der Waals surface area contributed by atoms with Gasteiger partial charge in [0.15, 0.2) is 0 Å². The van der Waals surface area contributed by atoms with Gasteiger partial charge in [-0.25, -0.2) is 0 Å². The molecule has 0 aliphatic rings. The zero-order valence-electron chi connectivity index (χ0n) is 9.49. The van der Waals surface area contributed by atoms with Gasteiger partial charge in [-0.2, -0.15) is 25.3 Å². The van der Waals surface area contributed by atoms with Crippen LogP contribution in [0.3, 0.4) is 0 Å². The summed E-state index contributed by atoms with van der Waals surface area (Å²) in [5.74, 6) is 0.0667. The molecule has 94 valence electrons. The summed E-state index contributed by atoms with van der Waals surface area (Å²) in [6, 6.07) is -0.668. The molecule has 16 heavy (non-hydrogen) atoms. The molecule has 1 unspecified atom stereocenters. The number of rotatable bonds is 6. The highest BCUT2D eigenvalue weighted by molar-refractivity contribution is 7.80. The molecule has 0 heterocycles. The maximum absolute atomic E-state index is 11.8. The second kappa shape index (κ2) is 7.03. The summed E-state index contributed by atoms with van der Waals surface area (Å²) < 4.78 is 0. The van der Waals surface area contributed by atoms with Crippen molar-refractivity contribution in [2.24, 2.45) is 5.73 Å². The summed E-state index contributed by atoms with van der Waals surface area (Å²) in [5, 5.41) is 5.25. The van der Waals surface area contributed by atoms with E-state index in [4.69, 9.17) is 5.73 Å². The summed E-state index contributed by atoms with van der Waals surface area (Å²) in [6.45, 7) is 3.55. The van der Waals surface area contributed by atoms with Crippen LogP contribution in [0.2, 0.25) is 0 Å². The van der Waals surface area contributed by atoms with Gasteiger partial charge in [0, 0.05) is 17.0 Å². The maximum atomic E-state index is 11.8. The van der Waals surface area contributed by atoms with Gasteiger partial charge in [0.2, 0.25) is 11.8 Å². The number of hydrogen-bond acceptors (Lipinski definition) is 5. The number of carbonyl (C=O) groups excluding carboxylic acids is 2. The van der Waals surface area contributed by atoms with Gasteiger partial charge in [-0.1, -0.05) is 0 Å². The van der Waals surface area contributed by atoms with Gasteiger partial charge >= 0.3 is 0 Å². The van der Waals surface area contributed by atoms with Crippen LogP contribution in [-0.4, -0.2) is 41.4 Å². The molecule has 0 bridgehead atoms. The number of amides is 2. The Labute approximate surface area is 107 Å². The second-order valence-electron chi connectivity index (χ2n) is 4.04. The lowest BCUT2D eigenvalue weighted by Crippen LogP contribution is -2.55. The summed E-state index contributed by atoms with van der Waals surface area (Å²) in [6.07, 6.45) is 0. The van der Waals surface area contributed by atoms with Gasteiger partial charge in [0.1, 0.15) is 6.04 Å². The predicted molar refractivity (Wildman–Crippen MR) is 70.9 cm³/mol. The first-order chi connectivity index (χ1) is 7.36. The molecule has 7 heteroatoms. The fourth-order valence-corrected chi connectivity index (χ4v) is 1.24. The smallest absolute Gasteiger partial charge is 0.243 e. The van der Waals surface area contributed by atoms with E-state index < -0.39 is 11.6 Å². The van der Waals surface area contributed by atoms with Crippen LogP contribution in [0.4, 0.5) is 0 Å². The van der Waals surface area contributed by atoms with Crippen LogP contribution in [-0.2, 0) is 9.59 Å². The van der Waals surface area contributed by atoms with E-state index in [9.17, 15) is 9.59 Å². The first kappa shape index (κ1) is 15.6. The lowest BCUT2D eigenvalue weighted by atomic mass is 10.1. The Hall–Kier alpha value is -0.400. The van der Waals surface area contributed by atoms with Crippen molar-refractivity contribution < 1.29 is 9.59 Å². The molecule has 0 aromatic rings. The van der Waals surface area contributed by atoms with Crippen molar-refractivity contribution in [3.63, 3.8) is 0 Å². The van der Waals surface area contributed by atoms with Crippen molar-refractivity contribution in [1.82, 2.24) is 10.6 Å². The molecule has 0 spiro atoms. The molecule has 5 nitrogen and oxygen atoms in total. The minimum Gasteiger partial charge on any atom is -0.349 e. The predicted octanol–water partition coefficient (Wildman–Crippen LogP) is -0.816. The summed E-state index contributed by atoms with van der Waals surface area (Å²) >= 11 is 8.13. The average molecular weight is 265 g/mol. The Morgan fingerprint density at radius 2 is 1.94 bits per heavy atom. The molecular weight excluding hydrogens is 246 g/mol. The van der Waals surface area contributed by atoms with Crippen LogP contribution in [0.15, 0.2) is 0 Å². The lowest BCUT2D eigenvalue weighted by Gasteiger charge is -2.27. The maximum Gasteiger partial charge on any atom is 0.243 e. The normalized spacial score (nSPS) is 13.1. The number of thiol groups is 2. The molecule has 0 saturated heterocycles. The van der Waals surface area contributed by atoms with Crippen molar-refractivity contribution in [1.29, 1.82) is 0 Å². The van der Waals surface area contributed by atoms with Crippen LogP contribution in [0.1, 0.15) is 13.8 Å². The van der Waals surface area contributed by atoms with Gasteiger partial charge < -0.3 is 16.4 Å².